The molecule has 0 amide bonds. The minimum atomic E-state index is -0.453. The van der Waals surface area contributed by atoms with Gasteiger partial charge in [0.1, 0.15) is 5.69 Å². The molecule has 0 saturated carbocycles. The lowest BCUT2D eigenvalue weighted by molar-refractivity contribution is 0.454. The van der Waals surface area contributed by atoms with Crippen LogP contribution in [0.25, 0.3) is 11.6 Å². The fraction of sp³-hybridized carbons (Fsp3) is 0. The molecular formula is C11H8N4O2. The zero-order chi connectivity index (χ0) is 11.8. The van der Waals surface area contributed by atoms with Gasteiger partial charge in [0.25, 0.3) is 0 Å². The van der Waals surface area contributed by atoms with Gasteiger partial charge >= 0.3 is 5.69 Å². The van der Waals surface area contributed by atoms with Crippen LogP contribution >= 0.6 is 0 Å². The molecule has 17 heavy (non-hydrogen) atoms. The third-order valence-electron chi connectivity index (χ3n) is 2.44. The van der Waals surface area contributed by atoms with Crippen molar-refractivity contribution in [1.82, 2.24) is 15.0 Å². The molecule has 6 heteroatoms. The van der Waals surface area contributed by atoms with Crippen LogP contribution in [0.2, 0.25) is 0 Å². The highest BCUT2D eigenvalue weighted by Crippen LogP contribution is 2.30. The van der Waals surface area contributed by atoms with Gasteiger partial charge in [-0.2, -0.15) is 0 Å². The molecule has 84 valence electrons. The molecule has 3 heterocycles. The van der Waals surface area contributed by atoms with E-state index in [9.17, 15) is 9.90 Å². The van der Waals surface area contributed by atoms with Crippen LogP contribution in [0.3, 0.4) is 0 Å². The molecule has 3 N–H and O–H groups in total. The Hall–Kier alpha value is -2.63. The predicted octanol–water partition coefficient (Wildman–Crippen LogP) is 1.06. The average molecular weight is 228 g/mol. The molecule has 1 aliphatic heterocycles. The zero-order valence-corrected chi connectivity index (χ0v) is 8.64. The summed E-state index contributed by atoms with van der Waals surface area (Å²) in [5, 5.41) is 9.44. The number of aliphatic imine (C=N–C) groups is 1. The summed E-state index contributed by atoms with van der Waals surface area (Å²) in [6.07, 6.45) is 4.93. The van der Waals surface area contributed by atoms with E-state index in [2.05, 4.69) is 19.9 Å². The monoisotopic (exact) mass is 228 g/mol. The number of nitrogens with one attached hydrogen (secondary N) is 2. The van der Waals surface area contributed by atoms with Crippen LogP contribution in [0.1, 0.15) is 11.4 Å². The van der Waals surface area contributed by atoms with Crippen molar-refractivity contribution in [3.8, 4) is 5.88 Å². The van der Waals surface area contributed by atoms with Crippen molar-refractivity contribution in [2.45, 2.75) is 0 Å². The molecule has 2 aromatic heterocycles. The molecule has 1 aliphatic rings. The third kappa shape index (κ3) is 1.55. The van der Waals surface area contributed by atoms with Gasteiger partial charge in [0.05, 0.1) is 11.4 Å². The Morgan fingerprint density at radius 1 is 1.35 bits per heavy atom. The molecule has 0 spiro atoms. The minimum Gasteiger partial charge on any atom is -0.493 e. The van der Waals surface area contributed by atoms with Gasteiger partial charge in [-0.3, -0.25) is 15.0 Å². The zero-order valence-electron chi connectivity index (χ0n) is 8.64. The van der Waals surface area contributed by atoms with Crippen LogP contribution in [0.15, 0.2) is 28.1 Å². The Balaban J connectivity index is 2.11. The summed E-state index contributed by atoms with van der Waals surface area (Å²) in [7, 11) is 0. The van der Waals surface area contributed by atoms with E-state index >= 15 is 0 Å². The quantitative estimate of drug-likeness (QED) is 0.681. The molecular weight excluding hydrogens is 220 g/mol. The van der Waals surface area contributed by atoms with Crippen LogP contribution < -0.4 is 5.69 Å². The fourth-order valence-electron chi connectivity index (χ4n) is 1.68. The Morgan fingerprint density at radius 2 is 2.24 bits per heavy atom. The van der Waals surface area contributed by atoms with Crippen molar-refractivity contribution < 1.29 is 5.11 Å². The van der Waals surface area contributed by atoms with Crippen molar-refractivity contribution >= 4 is 23.6 Å². The van der Waals surface area contributed by atoms with E-state index in [-0.39, 0.29) is 5.88 Å². The van der Waals surface area contributed by atoms with E-state index in [1.807, 2.05) is 6.07 Å². The smallest absolute Gasteiger partial charge is 0.326 e. The first kappa shape index (κ1) is 9.59. The first-order chi connectivity index (χ1) is 8.24. The third-order valence-corrected chi connectivity index (χ3v) is 2.44. The number of imidazole rings is 1. The number of hydrogen-bond acceptors (Lipinski definition) is 4. The number of aromatic nitrogens is 3. The van der Waals surface area contributed by atoms with Crippen LogP contribution in [0.5, 0.6) is 5.88 Å². The molecule has 0 unspecified atom stereocenters. The maximum Gasteiger partial charge on any atom is 0.326 e. The number of pyridine rings is 1. The van der Waals surface area contributed by atoms with Gasteiger partial charge in [0.2, 0.25) is 5.88 Å². The summed E-state index contributed by atoms with van der Waals surface area (Å²) >= 11 is 0. The van der Waals surface area contributed by atoms with E-state index < -0.39 is 5.69 Å². The lowest BCUT2D eigenvalue weighted by Crippen LogP contribution is -2.00. The summed E-state index contributed by atoms with van der Waals surface area (Å²) in [5.41, 5.74) is 2.11. The van der Waals surface area contributed by atoms with E-state index in [1.165, 1.54) is 0 Å². The number of hydrogen-bond donors (Lipinski definition) is 3. The van der Waals surface area contributed by atoms with Gasteiger partial charge < -0.3 is 10.1 Å². The molecule has 0 saturated heterocycles. The molecule has 0 aromatic carbocycles. The van der Waals surface area contributed by atoms with Gasteiger partial charge in [-0.1, -0.05) is 0 Å². The maximum atomic E-state index is 11.0. The van der Waals surface area contributed by atoms with Crippen molar-refractivity contribution in [2.75, 3.05) is 0 Å². The van der Waals surface area contributed by atoms with Gasteiger partial charge in [-0.15, -0.1) is 0 Å². The summed E-state index contributed by atoms with van der Waals surface area (Å²) < 4.78 is 0. The Labute approximate surface area is 95.4 Å². The SMILES string of the molecule is O=c1[nH]c(O)c(/C=C2\C=Nc3cccnc32)[nH]1. The summed E-state index contributed by atoms with van der Waals surface area (Å²) in [5.74, 6) is -0.194. The maximum absolute atomic E-state index is 11.0. The Kier molecular flexibility index (Phi) is 1.94. The van der Waals surface area contributed by atoms with Crippen molar-refractivity contribution in [1.29, 1.82) is 0 Å². The van der Waals surface area contributed by atoms with Crippen molar-refractivity contribution in [3.05, 3.63) is 40.2 Å². The largest absolute Gasteiger partial charge is 0.493 e. The Morgan fingerprint density at radius 3 is 3.00 bits per heavy atom. The van der Waals surface area contributed by atoms with Gasteiger partial charge in [0.15, 0.2) is 0 Å². The fourth-order valence-corrected chi connectivity index (χ4v) is 1.68. The van der Waals surface area contributed by atoms with Gasteiger partial charge in [-0.05, 0) is 18.2 Å². The van der Waals surface area contributed by atoms with Crippen LogP contribution in [-0.2, 0) is 0 Å². The number of rotatable bonds is 1. The lowest BCUT2D eigenvalue weighted by Gasteiger charge is -1.96. The van der Waals surface area contributed by atoms with Crippen LogP contribution in [0.4, 0.5) is 5.69 Å². The highest BCUT2D eigenvalue weighted by Gasteiger charge is 2.14. The topological polar surface area (TPSA) is 94.1 Å². The second-order valence-electron chi connectivity index (χ2n) is 3.57. The molecule has 2 aromatic rings. The Bertz CT molecular complexity index is 693. The van der Waals surface area contributed by atoms with Crippen LogP contribution in [0, 0.1) is 0 Å². The highest BCUT2D eigenvalue weighted by molar-refractivity contribution is 6.20. The number of fused-ring (bicyclic) bond motifs is 1. The molecule has 0 aliphatic carbocycles. The molecule has 3 rings (SSSR count). The second kappa shape index (κ2) is 3.44. The number of nitrogens with zero attached hydrogens (tertiary/aromatic N) is 2. The van der Waals surface area contributed by atoms with E-state index in [0.717, 1.165) is 17.0 Å². The van der Waals surface area contributed by atoms with Crippen molar-refractivity contribution in [3.63, 3.8) is 0 Å². The van der Waals surface area contributed by atoms with E-state index in [4.69, 9.17) is 0 Å². The van der Waals surface area contributed by atoms with Gasteiger partial charge in [-0.25, -0.2) is 4.79 Å². The standard InChI is InChI=1S/C11H8N4O2/c16-10-8(14-11(17)15-10)4-6-5-13-7-2-1-3-12-9(6)7/h1-5,16H,(H2,14,15,17)/b6-4+. The number of aromatic hydroxyl groups is 1. The second-order valence-corrected chi connectivity index (χ2v) is 3.57. The first-order valence-electron chi connectivity index (χ1n) is 4.96. The summed E-state index contributed by atoms with van der Waals surface area (Å²) in [4.78, 5) is 24.1. The van der Waals surface area contributed by atoms with Crippen LogP contribution in [-0.4, -0.2) is 26.3 Å². The summed E-state index contributed by atoms with van der Waals surface area (Å²) in [6.45, 7) is 0. The lowest BCUT2D eigenvalue weighted by atomic mass is 10.1. The van der Waals surface area contributed by atoms with E-state index in [0.29, 0.717) is 5.69 Å². The molecule has 0 radical (unpaired) electrons. The number of aromatic amines is 2. The molecule has 0 fully saturated rings. The normalized spacial score (nSPS) is 15.4. The number of allylic oxidation sites excluding steroid dienone is 1. The number of H-pyrrole nitrogens is 2. The summed E-state index contributed by atoms with van der Waals surface area (Å²) in [6, 6.07) is 3.65. The molecule has 0 atom stereocenters. The highest BCUT2D eigenvalue weighted by atomic mass is 16.3. The first-order valence-corrected chi connectivity index (χ1v) is 4.96. The predicted molar refractivity (Wildman–Crippen MR) is 63.3 cm³/mol. The van der Waals surface area contributed by atoms with E-state index in [1.54, 1.807) is 24.6 Å². The van der Waals surface area contributed by atoms with Gasteiger partial charge in [0, 0.05) is 18.0 Å². The minimum absolute atomic E-state index is 0.194. The molecule has 6 nitrogen and oxygen atoms in total. The molecule has 0 bridgehead atoms. The average Bonchev–Trinajstić information content (AvgIpc) is 2.85. The van der Waals surface area contributed by atoms with Crippen molar-refractivity contribution in [2.24, 2.45) is 4.99 Å².